The smallest absolute Gasteiger partial charge is 0.303 e. The number of carbonyl (C=O) groups excluding carboxylic acids is 3. The van der Waals surface area contributed by atoms with Crippen molar-refractivity contribution in [2.75, 3.05) is 0 Å². The van der Waals surface area contributed by atoms with Crippen LogP contribution in [0.2, 0.25) is 0 Å². The molecule has 0 saturated carbocycles. The third kappa shape index (κ3) is 6.59. The summed E-state index contributed by atoms with van der Waals surface area (Å²) < 4.78 is 10.1. The van der Waals surface area contributed by atoms with E-state index in [0.717, 1.165) is 0 Å². The van der Waals surface area contributed by atoms with Crippen LogP contribution in [0.1, 0.15) is 27.2 Å². The number of ether oxygens (including phenoxy) is 2. The Morgan fingerprint density at radius 1 is 1.25 bits per heavy atom. The largest absolute Gasteiger partial charge is 0.459 e. The molecule has 6 nitrogen and oxygen atoms in total. The lowest BCUT2D eigenvalue weighted by Crippen LogP contribution is -2.52. The Balaban J connectivity index is 5.28. The molecule has 1 N–H and O–H groups in total. The number of rotatable bonds is 7. The Hall–Kier alpha value is -2.29. The summed E-state index contributed by atoms with van der Waals surface area (Å²) in [6, 6.07) is -0.797. The summed E-state index contributed by atoms with van der Waals surface area (Å²) in [5, 5.41) is 2.57. The Labute approximate surface area is 118 Å². The minimum Gasteiger partial charge on any atom is -0.459 e. The third-order valence-electron chi connectivity index (χ3n) is 2.30. The lowest BCUT2D eigenvalue weighted by Gasteiger charge is -2.30. The molecule has 0 heterocycles. The lowest BCUT2D eigenvalue weighted by atomic mass is 10.0. The van der Waals surface area contributed by atoms with Gasteiger partial charge in [-0.15, -0.1) is 12.3 Å². The maximum absolute atomic E-state index is 11.3. The van der Waals surface area contributed by atoms with Crippen LogP contribution in [0.25, 0.3) is 0 Å². The predicted octanol–water partition coefficient (Wildman–Crippen LogP) is 0.564. The molecule has 0 bridgehead atoms. The quantitative estimate of drug-likeness (QED) is 0.419. The van der Waals surface area contributed by atoms with E-state index >= 15 is 0 Å². The average molecular weight is 281 g/mol. The molecule has 110 valence electrons. The third-order valence-corrected chi connectivity index (χ3v) is 2.30. The molecule has 0 aromatic rings. The van der Waals surface area contributed by atoms with Crippen molar-refractivity contribution in [2.24, 2.45) is 0 Å². The number of esters is 2. The van der Waals surface area contributed by atoms with Gasteiger partial charge in [0.1, 0.15) is 18.2 Å². The minimum absolute atomic E-state index is 0.0656. The zero-order chi connectivity index (χ0) is 15.7. The Morgan fingerprint density at radius 3 is 2.15 bits per heavy atom. The first-order valence-corrected chi connectivity index (χ1v) is 5.99. The Kier molecular flexibility index (Phi) is 7.75. The SMILES string of the molecule is C#CC[C@@H](OC(C)=O)[C@@H](NC(C)=O)C(C=C)OC(C)=O. The maximum Gasteiger partial charge on any atom is 0.303 e. The molecule has 0 fully saturated rings. The molecular weight excluding hydrogens is 262 g/mol. The lowest BCUT2D eigenvalue weighted by molar-refractivity contribution is -0.154. The van der Waals surface area contributed by atoms with E-state index in [1.54, 1.807) is 0 Å². The summed E-state index contributed by atoms with van der Waals surface area (Å²) in [6.45, 7) is 7.29. The Bertz CT molecular complexity index is 424. The summed E-state index contributed by atoms with van der Waals surface area (Å²) in [6.07, 6.45) is 4.97. The monoisotopic (exact) mass is 281 g/mol. The van der Waals surface area contributed by atoms with Gasteiger partial charge in [0, 0.05) is 27.2 Å². The first-order chi connectivity index (χ1) is 9.31. The number of nitrogens with one attached hydrogen (secondary N) is 1. The van der Waals surface area contributed by atoms with Gasteiger partial charge in [0.2, 0.25) is 5.91 Å². The highest BCUT2D eigenvalue weighted by Crippen LogP contribution is 2.13. The van der Waals surface area contributed by atoms with E-state index in [-0.39, 0.29) is 12.3 Å². The van der Waals surface area contributed by atoms with Gasteiger partial charge in [-0.1, -0.05) is 6.58 Å². The highest BCUT2D eigenvalue weighted by atomic mass is 16.6. The summed E-state index contributed by atoms with van der Waals surface area (Å²) in [5.41, 5.74) is 0. The van der Waals surface area contributed by atoms with Gasteiger partial charge >= 0.3 is 11.9 Å². The topological polar surface area (TPSA) is 81.7 Å². The second-order valence-corrected chi connectivity index (χ2v) is 4.09. The first kappa shape index (κ1) is 17.7. The molecule has 0 aliphatic heterocycles. The van der Waals surface area contributed by atoms with Crippen LogP contribution in [0.3, 0.4) is 0 Å². The summed E-state index contributed by atoms with van der Waals surface area (Å²) in [7, 11) is 0. The van der Waals surface area contributed by atoms with E-state index in [1.165, 1.54) is 26.8 Å². The van der Waals surface area contributed by atoms with Gasteiger partial charge in [-0.2, -0.15) is 0 Å². The fourth-order valence-corrected chi connectivity index (χ4v) is 1.65. The number of carbonyl (C=O) groups is 3. The molecule has 0 spiro atoms. The number of terminal acetylenes is 1. The summed E-state index contributed by atoms with van der Waals surface area (Å²) >= 11 is 0. The van der Waals surface area contributed by atoms with Crippen LogP contribution in [-0.2, 0) is 23.9 Å². The van der Waals surface area contributed by atoms with E-state index in [2.05, 4.69) is 17.8 Å². The van der Waals surface area contributed by atoms with Gasteiger partial charge in [-0.25, -0.2) is 0 Å². The van der Waals surface area contributed by atoms with Gasteiger partial charge in [0.25, 0.3) is 0 Å². The molecule has 0 radical (unpaired) electrons. The molecule has 1 amide bonds. The van der Waals surface area contributed by atoms with Gasteiger partial charge < -0.3 is 14.8 Å². The van der Waals surface area contributed by atoms with Crippen molar-refractivity contribution in [3.05, 3.63) is 12.7 Å². The molecule has 0 aromatic heterocycles. The number of hydrogen-bond donors (Lipinski definition) is 1. The molecule has 6 heteroatoms. The van der Waals surface area contributed by atoms with Crippen molar-refractivity contribution in [2.45, 2.75) is 45.4 Å². The van der Waals surface area contributed by atoms with Crippen molar-refractivity contribution < 1.29 is 23.9 Å². The van der Waals surface area contributed by atoms with Crippen LogP contribution >= 0.6 is 0 Å². The second-order valence-electron chi connectivity index (χ2n) is 4.09. The van der Waals surface area contributed by atoms with Crippen molar-refractivity contribution in [1.82, 2.24) is 5.32 Å². The zero-order valence-electron chi connectivity index (χ0n) is 11.8. The molecule has 1 unspecified atom stereocenters. The highest BCUT2D eigenvalue weighted by molar-refractivity contribution is 5.74. The van der Waals surface area contributed by atoms with Crippen LogP contribution in [0.15, 0.2) is 12.7 Å². The van der Waals surface area contributed by atoms with Crippen molar-refractivity contribution in [3.63, 3.8) is 0 Å². The van der Waals surface area contributed by atoms with E-state index in [4.69, 9.17) is 15.9 Å². The van der Waals surface area contributed by atoms with E-state index < -0.39 is 30.2 Å². The molecule has 20 heavy (non-hydrogen) atoms. The molecule has 0 aromatic carbocycles. The maximum atomic E-state index is 11.3. The number of hydrogen-bond acceptors (Lipinski definition) is 5. The highest BCUT2D eigenvalue weighted by Gasteiger charge is 2.32. The molecule has 0 aliphatic rings. The summed E-state index contributed by atoms with van der Waals surface area (Å²) in [5.74, 6) is 0.885. The van der Waals surface area contributed by atoms with Gasteiger partial charge in [-0.3, -0.25) is 14.4 Å². The molecule has 0 saturated heterocycles. The summed E-state index contributed by atoms with van der Waals surface area (Å²) in [4.78, 5) is 33.5. The fraction of sp³-hybridized carbons (Fsp3) is 0.500. The molecule has 0 rings (SSSR count). The normalized spacial score (nSPS) is 14.1. The Morgan fingerprint density at radius 2 is 1.80 bits per heavy atom. The van der Waals surface area contributed by atoms with Gasteiger partial charge in [0.05, 0.1) is 0 Å². The van der Waals surface area contributed by atoms with E-state index in [9.17, 15) is 14.4 Å². The predicted molar refractivity (Wildman–Crippen MR) is 72.4 cm³/mol. The fourth-order valence-electron chi connectivity index (χ4n) is 1.65. The molecule has 3 atom stereocenters. The van der Waals surface area contributed by atoms with E-state index in [0.29, 0.717) is 0 Å². The van der Waals surface area contributed by atoms with Crippen LogP contribution in [0.5, 0.6) is 0 Å². The van der Waals surface area contributed by atoms with Crippen LogP contribution in [0, 0.1) is 12.3 Å². The van der Waals surface area contributed by atoms with Crippen molar-refractivity contribution >= 4 is 17.8 Å². The molecule has 0 aliphatic carbocycles. The van der Waals surface area contributed by atoms with Crippen molar-refractivity contribution in [3.8, 4) is 12.3 Å². The molecular formula is C14H19NO5. The standard InChI is InChI=1S/C14H19NO5/c1-6-8-13(20-11(5)18)14(15-9(3)16)12(7-2)19-10(4)17/h1,7,12-14H,2,8H2,3-5H3,(H,15,16)/t12?,13-,14+/m1/s1. The number of amides is 1. The second kappa shape index (κ2) is 8.75. The van der Waals surface area contributed by atoms with Crippen LogP contribution in [0.4, 0.5) is 0 Å². The van der Waals surface area contributed by atoms with Crippen LogP contribution in [-0.4, -0.2) is 36.1 Å². The average Bonchev–Trinajstić information content (AvgIpc) is 2.31. The van der Waals surface area contributed by atoms with Gasteiger partial charge in [0.15, 0.2) is 0 Å². The van der Waals surface area contributed by atoms with Crippen LogP contribution < -0.4 is 5.32 Å². The van der Waals surface area contributed by atoms with E-state index in [1.807, 2.05) is 0 Å². The van der Waals surface area contributed by atoms with Crippen molar-refractivity contribution in [1.29, 1.82) is 0 Å². The van der Waals surface area contributed by atoms with Gasteiger partial charge in [-0.05, 0) is 6.08 Å². The zero-order valence-corrected chi connectivity index (χ0v) is 11.8. The minimum atomic E-state index is -0.853. The first-order valence-electron chi connectivity index (χ1n) is 5.99.